The van der Waals surface area contributed by atoms with Gasteiger partial charge in [0.2, 0.25) is 5.91 Å². The predicted octanol–water partition coefficient (Wildman–Crippen LogP) is -1.39. The van der Waals surface area contributed by atoms with Crippen molar-refractivity contribution in [1.82, 2.24) is 5.32 Å². The van der Waals surface area contributed by atoms with Crippen LogP contribution in [0.1, 0.15) is 97.3 Å². The second-order valence-corrected chi connectivity index (χ2v) is 16.1. The molecular weight excluding hydrogens is 852 g/mol. The Morgan fingerprint density at radius 1 is 0.547 bits per heavy atom. The molecule has 3 fully saturated rings. The summed E-state index contributed by atoms with van der Waals surface area (Å²) in [4.78, 5) is 34.4. The summed E-state index contributed by atoms with van der Waals surface area (Å²) in [6.07, 6.45) is -13.9. The van der Waals surface area contributed by atoms with E-state index in [4.69, 9.17) is 53.5 Å². The number of methoxy groups -OCH3 is 1. The van der Waals surface area contributed by atoms with Crippen LogP contribution in [-0.4, -0.2) is 211 Å². The number of hydrogen-bond donors (Lipinski definition) is 10. The number of amides is 1. The number of rotatable bonds is 32. The van der Waals surface area contributed by atoms with Gasteiger partial charge in [0.1, 0.15) is 79.0 Å². The Labute approximate surface area is 375 Å². The fourth-order valence-electron chi connectivity index (χ4n) is 7.53. The highest BCUT2D eigenvalue weighted by molar-refractivity contribution is 5.78. The Morgan fingerprint density at radius 3 is 1.39 bits per heavy atom. The number of ether oxygens (including phenoxy) is 9. The summed E-state index contributed by atoms with van der Waals surface area (Å²) in [6.45, 7) is -0.646. The molecule has 22 heteroatoms. The Bertz CT molecular complexity index is 1290. The topological polar surface area (TPSA) is 334 Å². The van der Waals surface area contributed by atoms with E-state index in [2.05, 4.69) is 5.32 Å². The fourth-order valence-corrected chi connectivity index (χ4v) is 7.53. The lowest BCUT2D eigenvalue weighted by molar-refractivity contribution is -0.346. The zero-order chi connectivity index (χ0) is 46.3. The Morgan fingerprint density at radius 2 is 0.953 bits per heavy atom. The van der Waals surface area contributed by atoms with E-state index in [-0.39, 0.29) is 45.4 Å². The second kappa shape index (κ2) is 31.8. The first-order valence-electron chi connectivity index (χ1n) is 22.2. The summed E-state index contributed by atoms with van der Waals surface area (Å²) in [5.41, 5.74) is 5.46. The summed E-state index contributed by atoms with van der Waals surface area (Å²) in [7, 11) is 2.81. The van der Waals surface area contributed by atoms with E-state index in [1.165, 1.54) is 7.11 Å². The number of Topliss-reactive ketones (excluding diaryl/α,β-unsaturated/α-hetero) is 1. The van der Waals surface area contributed by atoms with Gasteiger partial charge in [-0.1, -0.05) is 26.7 Å². The normalized spacial score (nSPS) is 33.1. The lowest BCUT2D eigenvalue weighted by atomic mass is 9.97. The molecule has 376 valence electrons. The molecule has 0 aromatic heterocycles. The highest BCUT2D eigenvalue weighted by Gasteiger charge is 2.50. The van der Waals surface area contributed by atoms with Gasteiger partial charge in [0.15, 0.2) is 18.9 Å². The zero-order valence-electron chi connectivity index (χ0n) is 36.6. The minimum Gasteiger partial charge on any atom is -0.481 e. The third-order valence-electron chi connectivity index (χ3n) is 11.2. The van der Waals surface area contributed by atoms with Crippen molar-refractivity contribution in [2.45, 2.75) is 189 Å². The number of unbranched alkanes of at least 4 members (excludes halogenated alkanes) is 6. The first-order chi connectivity index (χ1) is 30.3. The van der Waals surface area contributed by atoms with Crippen molar-refractivity contribution in [3.8, 4) is 0 Å². The summed E-state index contributed by atoms with van der Waals surface area (Å²) in [6, 6.07) is 0. The molecule has 3 saturated heterocycles. The van der Waals surface area contributed by atoms with Crippen LogP contribution < -0.4 is 11.1 Å². The Balaban J connectivity index is 0.0000141. The number of carbonyl (C=O) groups is 3. The molecule has 4 unspecified atom stereocenters. The lowest BCUT2D eigenvalue weighted by Crippen LogP contribution is -2.63. The first kappa shape index (κ1) is 58.1. The first-order valence-corrected chi connectivity index (χ1v) is 22.2. The molecule has 0 aromatic carbocycles. The molecule has 0 aliphatic carbocycles. The molecule has 3 aliphatic rings. The van der Waals surface area contributed by atoms with Crippen LogP contribution in [0.4, 0.5) is 0 Å². The van der Waals surface area contributed by atoms with Crippen molar-refractivity contribution in [1.29, 1.82) is 0 Å². The van der Waals surface area contributed by atoms with Crippen LogP contribution in [-0.2, 0) is 57.0 Å². The third-order valence-corrected chi connectivity index (χ3v) is 11.2. The van der Waals surface area contributed by atoms with Crippen LogP contribution in [0.15, 0.2) is 0 Å². The van der Waals surface area contributed by atoms with Crippen LogP contribution in [0.25, 0.3) is 0 Å². The highest BCUT2D eigenvalue weighted by atomic mass is 16.7. The van der Waals surface area contributed by atoms with Crippen LogP contribution in [0.5, 0.6) is 0 Å². The van der Waals surface area contributed by atoms with E-state index < -0.39 is 118 Å². The predicted molar refractivity (Wildman–Crippen MR) is 224 cm³/mol. The number of carboxylic acids is 1. The van der Waals surface area contributed by atoms with E-state index in [1.54, 1.807) is 7.05 Å². The molecule has 22 nitrogen and oxygen atoms in total. The quantitative estimate of drug-likeness (QED) is 0.0347. The van der Waals surface area contributed by atoms with E-state index in [0.29, 0.717) is 90.0 Å². The van der Waals surface area contributed by atoms with Crippen molar-refractivity contribution in [3.63, 3.8) is 0 Å². The molecule has 3 heterocycles. The summed E-state index contributed by atoms with van der Waals surface area (Å²) in [5.74, 6) is -0.888. The summed E-state index contributed by atoms with van der Waals surface area (Å²) < 4.78 is 52.5. The summed E-state index contributed by atoms with van der Waals surface area (Å²) in [5, 5.41) is 87.8. The van der Waals surface area contributed by atoms with Gasteiger partial charge in [-0.2, -0.15) is 0 Å². The molecule has 0 aromatic rings. The van der Waals surface area contributed by atoms with E-state index >= 15 is 0 Å². The molecule has 3 aliphatic heterocycles. The molecule has 11 N–H and O–H groups in total. The second-order valence-electron chi connectivity index (χ2n) is 16.1. The van der Waals surface area contributed by atoms with Crippen molar-refractivity contribution >= 4 is 17.7 Å². The SMILES string of the molecule is C.CNC(=O)CCCCCOC1[C@H](CO[C@@H]2O[C@@H](CO)C(OCCCCCC(=O)CCCN)[C@H](O)[C@@H]2O)O[C@H](OC[C@@H]2OC(OC)[C@@H](O)[C@@H](O)C2OCCCCCC(=O)O)[C@@H](O)[C@H]1O. The molecule has 15 atom stereocenters. The Hall–Kier alpha value is -2.07. The maximum atomic E-state index is 11.9. The molecule has 0 saturated carbocycles. The molecule has 0 spiro atoms. The average molecular weight is 931 g/mol. The van der Waals surface area contributed by atoms with Gasteiger partial charge in [-0.15, -0.1) is 0 Å². The van der Waals surface area contributed by atoms with E-state index in [9.17, 15) is 50.1 Å². The van der Waals surface area contributed by atoms with Crippen LogP contribution in [0.3, 0.4) is 0 Å². The average Bonchev–Trinajstić information content (AvgIpc) is 3.27. The van der Waals surface area contributed by atoms with Crippen molar-refractivity contribution in [2.75, 3.05) is 60.3 Å². The summed E-state index contributed by atoms with van der Waals surface area (Å²) >= 11 is 0. The van der Waals surface area contributed by atoms with Crippen LogP contribution in [0, 0.1) is 0 Å². The van der Waals surface area contributed by atoms with Gasteiger partial charge >= 0.3 is 5.97 Å². The minimum atomic E-state index is -1.70. The number of nitrogens with one attached hydrogen (secondary N) is 1. The molecule has 1 amide bonds. The smallest absolute Gasteiger partial charge is 0.303 e. The largest absolute Gasteiger partial charge is 0.481 e. The van der Waals surface area contributed by atoms with Crippen LogP contribution >= 0.6 is 0 Å². The van der Waals surface area contributed by atoms with E-state index in [0.717, 1.165) is 0 Å². The van der Waals surface area contributed by atoms with Gasteiger partial charge < -0.3 is 94.5 Å². The number of carbonyl (C=O) groups excluding carboxylic acids is 2. The number of hydrogen-bond acceptors (Lipinski definition) is 20. The molecular formula is C42H78N2O20. The number of aliphatic hydroxyl groups is 7. The van der Waals surface area contributed by atoms with Gasteiger partial charge in [-0.3, -0.25) is 14.4 Å². The van der Waals surface area contributed by atoms with Gasteiger partial charge in [0.05, 0.1) is 19.8 Å². The van der Waals surface area contributed by atoms with Gasteiger partial charge in [-0.25, -0.2) is 0 Å². The minimum absolute atomic E-state index is 0. The molecule has 3 rings (SSSR count). The fraction of sp³-hybridized carbons (Fsp3) is 0.929. The standard InChI is InChI=1S/C41H74N2O20.CH4/c1-43-28(46)15-7-4-10-19-58-38-27(23-59-40-34(53)31(50)36(25(21-44)61-40)56-18-9-3-6-13-24(45)14-12-17-42)63-41(35(54)32(38)51)60-22-26-37(30(49)33(52)39(55-2)62-26)57-20-11-5-8-16-29(47)48;/h25-27,30-41,44,49-54H,3-23,42H2,1-2H3,(H,43,46)(H,47,48);1H4/t25-,26-,27-,30+,31+,32+,33-,34-,35-,36?,37?,38?,39?,40+,41-;/m0./s1. The molecule has 0 bridgehead atoms. The van der Waals surface area contributed by atoms with E-state index in [1.807, 2.05) is 0 Å². The van der Waals surface area contributed by atoms with Gasteiger partial charge in [0, 0.05) is 59.7 Å². The lowest BCUT2D eigenvalue weighted by Gasteiger charge is -2.45. The zero-order valence-corrected chi connectivity index (χ0v) is 36.6. The van der Waals surface area contributed by atoms with Crippen molar-refractivity contribution in [3.05, 3.63) is 0 Å². The highest BCUT2D eigenvalue weighted by Crippen LogP contribution is 2.31. The van der Waals surface area contributed by atoms with Crippen LogP contribution in [0.2, 0.25) is 0 Å². The maximum Gasteiger partial charge on any atom is 0.303 e. The van der Waals surface area contributed by atoms with Crippen molar-refractivity contribution in [2.24, 2.45) is 5.73 Å². The van der Waals surface area contributed by atoms with Gasteiger partial charge in [-0.05, 0) is 51.5 Å². The maximum absolute atomic E-state index is 11.9. The van der Waals surface area contributed by atoms with Crippen molar-refractivity contribution < 1.29 is 97.9 Å². The molecule has 64 heavy (non-hydrogen) atoms. The molecule has 0 radical (unpaired) electrons. The number of aliphatic carboxylic acids is 1. The number of carboxylic acid groups (broad SMARTS) is 1. The monoisotopic (exact) mass is 931 g/mol. The van der Waals surface area contributed by atoms with Gasteiger partial charge in [0.25, 0.3) is 0 Å². The number of ketones is 1. The third kappa shape index (κ3) is 18.9. The Kier molecular flexibility index (Phi) is 28.9. The number of nitrogens with two attached hydrogens (primary N) is 1. The number of aliphatic hydroxyl groups excluding tert-OH is 7.